The van der Waals surface area contributed by atoms with E-state index in [0.717, 1.165) is 32.1 Å². The number of rotatable bonds is 8. The average molecular weight is 487 g/mol. The zero-order valence-electron chi connectivity index (χ0n) is 18.9. The Kier molecular flexibility index (Phi) is 8.31. The molecule has 11 heteroatoms. The van der Waals surface area contributed by atoms with Gasteiger partial charge in [0, 0.05) is 45.0 Å². The summed E-state index contributed by atoms with van der Waals surface area (Å²) in [6, 6.07) is 6.30. The Hall–Kier alpha value is -1.53. The van der Waals surface area contributed by atoms with Gasteiger partial charge in [-0.1, -0.05) is 19.3 Å². The monoisotopic (exact) mass is 486 g/mol. The van der Waals surface area contributed by atoms with Crippen LogP contribution in [0, 0.1) is 0 Å². The summed E-state index contributed by atoms with van der Waals surface area (Å²) >= 11 is 0. The number of anilines is 1. The van der Waals surface area contributed by atoms with Crippen molar-refractivity contribution in [3.05, 3.63) is 24.3 Å². The van der Waals surface area contributed by atoms with E-state index in [0.29, 0.717) is 31.9 Å². The molecule has 0 spiro atoms. The van der Waals surface area contributed by atoms with E-state index in [1.165, 1.54) is 20.7 Å². The number of hydrogen-bond donors (Lipinski definition) is 1. The number of piperazine rings is 1. The van der Waals surface area contributed by atoms with Gasteiger partial charge in [-0.05, 0) is 44.0 Å². The maximum absolute atomic E-state index is 12.9. The smallest absolute Gasteiger partial charge is 0.243 e. The fourth-order valence-electron chi connectivity index (χ4n) is 4.27. The van der Waals surface area contributed by atoms with Crippen LogP contribution in [0.1, 0.15) is 39.0 Å². The first kappa shape index (κ1) is 25.1. The number of hydrogen-bond acceptors (Lipinski definition) is 6. The van der Waals surface area contributed by atoms with E-state index in [1.54, 1.807) is 26.1 Å². The Bertz CT molecular complexity index is 982. The molecule has 1 aliphatic heterocycles. The number of nitrogens with zero attached hydrogens (tertiary/aromatic N) is 3. The van der Waals surface area contributed by atoms with Crippen LogP contribution in [0.25, 0.3) is 0 Å². The Balaban J connectivity index is 1.52. The van der Waals surface area contributed by atoms with E-state index in [2.05, 4.69) is 5.32 Å². The molecular formula is C21H34N4O5S2. The summed E-state index contributed by atoms with van der Waals surface area (Å²) in [5.74, 6) is -0.137. The summed E-state index contributed by atoms with van der Waals surface area (Å²) in [5.41, 5.74) is 0.529. The van der Waals surface area contributed by atoms with Gasteiger partial charge in [-0.25, -0.2) is 16.8 Å². The van der Waals surface area contributed by atoms with E-state index in [-0.39, 0.29) is 29.1 Å². The minimum atomic E-state index is -3.57. The molecule has 2 fully saturated rings. The minimum Gasteiger partial charge on any atom is -0.325 e. The first-order valence-electron chi connectivity index (χ1n) is 11.2. The minimum absolute atomic E-state index is 0.0425. The topological polar surface area (TPSA) is 107 Å². The normalized spacial score (nSPS) is 19.8. The number of sulfonamides is 2. The predicted octanol–water partition coefficient (Wildman–Crippen LogP) is 1.55. The summed E-state index contributed by atoms with van der Waals surface area (Å²) in [7, 11) is -5.12. The summed E-state index contributed by atoms with van der Waals surface area (Å²) in [6.07, 6.45) is 5.05. The van der Waals surface area contributed by atoms with Gasteiger partial charge < -0.3 is 5.32 Å². The molecule has 1 heterocycles. The summed E-state index contributed by atoms with van der Waals surface area (Å²) in [4.78, 5) is 14.5. The molecule has 1 amide bonds. The Morgan fingerprint density at radius 3 is 2.16 bits per heavy atom. The summed E-state index contributed by atoms with van der Waals surface area (Å²) < 4.78 is 52.7. The van der Waals surface area contributed by atoms with Crippen LogP contribution in [0.5, 0.6) is 0 Å². The van der Waals surface area contributed by atoms with Crippen molar-refractivity contribution >= 4 is 31.6 Å². The van der Waals surface area contributed by atoms with Crippen LogP contribution in [0.3, 0.4) is 0 Å². The molecule has 3 rings (SSSR count). The van der Waals surface area contributed by atoms with Crippen molar-refractivity contribution in [1.29, 1.82) is 0 Å². The first-order valence-corrected chi connectivity index (χ1v) is 14.3. The lowest BCUT2D eigenvalue weighted by Gasteiger charge is -2.33. The van der Waals surface area contributed by atoms with E-state index in [1.807, 2.05) is 4.90 Å². The number of nitrogens with one attached hydrogen (secondary N) is 1. The van der Waals surface area contributed by atoms with Crippen LogP contribution in [0.15, 0.2) is 29.2 Å². The number of benzene rings is 1. The average Bonchev–Trinajstić information content (AvgIpc) is 2.79. The molecule has 32 heavy (non-hydrogen) atoms. The van der Waals surface area contributed by atoms with Gasteiger partial charge in [0.25, 0.3) is 0 Å². The van der Waals surface area contributed by atoms with Crippen molar-refractivity contribution < 1.29 is 21.6 Å². The molecule has 9 nitrogen and oxygen atoms in total. The Labute approximate surface area is 191 Å². The second-order valence-corrected chi connectivity index (χ2v) is 12.7. The third-order valence-corrected chi connectivity index (χ3v) is 10.2. The van der Waals surface area contributed by atoms with Crippen LogP contribution < -0.4 is 5.32 Å². The Morgan fingerprint density at radius 1 is 1.00 bits per heavy atom. The van der Waals surface area contributed by atoms with Gasteiger partial charge in [0.15, 0.2) is 0 Å². The van der Waals surface area contributed by atoms with Gasteiger partial charge in [-0.15, -0.1) is 0 Å². The second-order valence-electron chi connectivity index (χ2n) is 8.46. The lowest BCUT2D eigenvalue weighted by Crippen LogP contribution is -2.50. The lowest BCUT2D eigenvalue weighted by molar-refractivity contribution is -0.117. The summed E-state index contributed by atoms with van der Waals surface area (Å²) in [5, 5.41) is 2.79. The molecule has 1 aromatic rings. The number of carbonyl (C=O) groups is 1. The van der Waals surface area contributed by atoms with Crippen molar-refractivity contribution in [2.45, 2.75) is 50.0 Å². The van der Waals surface area contributed by atoms with Crippen LogP contribution in [-0.2, 0) is 24.8 Å². The van der Waals surface area contributed by atoms with Crippen LogP contribution in [-0.4, -0.2) is 87.8 Å². The lowest BCUT2D eigenvalue weighted by atomic mass is 9.96. The van der Waals surface area contributed by atoms with Crippen molar-refractivity contribution in [3.8, 4) is 0 Å². The van der Waals surface area contributed by atoms with Gasteiger partial charge in [-0.3, -0.25) is 9.69 Å². The summed E-state index contributed by atoms with van der Waals surface area (Å²) in [6.45, 7) is 3.54. The molecule has 2 aliphatic rings. The van der Waals surface area contributed by atoms with Crippen molar-refractivity contribution in [2.24, 2.45) is 0 Å². The van der Waals surface area contributed by atoms with Crippen molar-refractivity contribution in [1.82, 2.24) is 13.5 Å². The van der Waals surface area contributed by atoms with Gasteiger partial charge >= 0.3 is 0 Å². The zero-order valence-corrected chi connectivity index (χ0v) is 20.5. The highest BCUT2D eigenvalue weighted by atomic mass is 32.2. The van der Waals surface area contributed by atoms with Gasteiger partial charge in [0.05, 0.1) is 17.2 Å². The molecular weight excluding hydrogens is 452 g/mol. The van der Waals surface area contributed by atoms with Gasteiger partial charge in [0.1, 0.15) is 0 Å². The zero-order chi connectivity index (χ0) is 23.4. The fraction of sp³-hybridized carbons (Fsp3) is 0.667. The largest absolute Gasteiger partial charge is 0.325 e. The highest BCUT2D eigenvalue weighted by molar-refractivity contribution is 7.89. The maximum Gasteiger partial charge on any atom is 0.243 e. The highest BCUT2D eigenvalue weighted by Crippen LogP contribution is 2.27. The fourth-order valence-corrected chi connectivity index (χ4v) is 6.77. The number of amides is 1. The molecule has 0 aromatic heterocycles. The van der Waals surface area contributed by atoms with Crippen molar-refractivity contribution in [2.75, 3.05) is 50.8 Å². The van der Waals surface area contributed by atoms with Gasteiger partial charge in [0.2, 0.25) is 26.0 Å². The predicted molar refractivity (Wildman–Crippen MR) is 124 cm³/mol. The third kappa shape index (κ3) is 6.07. The molecule has 0 unspecified atom stereocenters. The second kappa shape index (κ2) is 10.6. The van der Waals surface area contributed by atoms with Crippen LogP contribution >= 0.6 is 0 Å². The molecule has 1 saturated heterocycles. The molecule has 1 saturated carbocycles. The quantitative estimate of drug-likeness (QED) is 0.597. The van der Waals surface area contributed by atoms with Crippen LogP contribution in [0.4, 0.5) is 5.69 Å². The van der Waals surface area contributed by atoms with E-state index >= 15 is 0 Å². The Morgan fingerprint density at radius 2 is 1.59 bits per heavy atom. The standard InChI is InChI=1S/C21H34N4O5S2/c1-3-31(27,28)25-15-13-24(14-16-25)17-21(26)22-18-9-11-20(12-10-18)32(29,30)23(2)19-7-5-4-6-8-19/h9-12,19H,3-8,13-17H2,1-2H3,(H,22,26). The highest BCUT2D eigenvalue weighted by Gasteiger charge is 2.29. The molecule has 0 bridgehead atoms. The van der Waals surface area contributed by atoms with E-state index in [9.17, 15) is 21.6 Å². The van der Waals surface area contributed by atoms with E-state index < -0.39 is 20.0 Å². The molecule has 0 atom stereocenters. The SMILES string of the molecule is CCS(=O)(=O)N1CCN(CC(=O)Nc2ccc(S(=O)(=O)N(C)C3CCCCC3)cc2)CC1. The number of carbonyl (C=O) groups excluding carboxylic acids is 1. The molecule has 1 N–H and O–H groups in total. The first-order chi connectivity index (χ1) is 15.1. The molecule has 1 aromatic carbocycles. The molecule has 0 radical (unpaired) electrons. The molecule has 180 valence electrons. The van der Waals surface area contributed by atoms with Gasteiger partial charge in [-0.2, -0.15) is 8.61 Å². The third-order valence-electron chi connectivity index (χ3n) is 6.36. The molecule has 1 aliphatic carbocycles. The maximum atomic E-state index is 12.9. The van der Waals surface area contributed by atoms with Crippen LogP contribution in [0.2, 0.25) is 0 Å². The van der Waals surface area contributed by atoms with E-state index in [4.69, 9.17) is 0 Å². The van der Waals surface area contributed by atoms with Crippen molar-refractivity contribution in [3.63, 3.8) is 0 Å².